The van der Waals surface area contributed by atoms with Gasteiger partial charge in [0.05, 0.1) is 10.5 Å². The minimum Gasteiger partial charge on any atom is -0.337 e. The van der Waals surface area contributed by atoms with Gasteiger partial charge in [-0.25, -0.2) is 9.97 Å². The summed E-state index contributed by atoms with van der Waals surface area (Å²) in [5, 5.41) is 0.673. The van der Waals surface area contributed by atoms with Gasteiger partial charge in [0, 0.05) is 10.0 Å². The van der Waals surface area contributed by atoms with Gasteiger partial charge >= 0.3 is 0 Å². The molecule has 6 heteroatoms. The van der Waals surface area contributed by atoms with E-state index in [4.69, 9.17) is 23.2 Å². The average Bonchev–Trinajstić information content (AvgIpc) is 2.76. The van der Waals surface area contributed by atoms with Crippen LogP contribution in [0.1, 0.15) is 5.56 Å². The van der Waals surface area contributed by atoms with Crippen LogP contribution in [-0.2, 0) is 0 Å². The topological polar surface area (TPSA) is 41.6 Å². The number of nitrogens with zero attached hydrogens (tertiary/aromatic N) is 2. The largest absolute Gasteiger partial charge is 0.337 e. The van der Waals surface area contributed by atoms with Gasteiger partial charge in [0.25, 0.3) is 0 Å². The highest BCUT2D eigenvalue weighted by Gasteiger charge is 2.10. The molecule has 0 radical (unpaired) electrons. The zero-order valence-electron chi connectivity index (χ0n) is 9.84. The second kappa shape index (κ2) is 4.78. The minimum atomic E-state index is 0.261. The highest BCUT2D eigenvalue weighted by atomic mass is 79.9. The van der Waals surface area contributed by atoms with Crippen molar-refractivity contribution < 1.29 is 0 Å². The molecule has 0 atom stereocenters. The Hall–Kier alpha value is -1.10. The third kappa shape index (κ3) is 2.36. The second-order valence-corrected chi connectivity index (χ2v) is 5.80. The summed E-state index contributed by atoms with van der Waals surface area (Å²) in [6.07, 6.45) is 0. The van der Waals surface area contributed by atoms with Crippen molar-refractivity contribution >= 4 is 50.3 Å². The van der Waals surface area contributed by atoms with Gasteiger partial charge in [-0.2, -0.15) is 0 Å². The lowest BCUT2D eigenvalue weighted by Gasteiger charge is -2.00. The van der Waals surface area contributed by atoms with Gasteiger partial charge in [-0.3, -0.25) is 0 Å². The summed E-state index contributed by atoms with van der Waals surface area (Å²) in [7, 11) is 0. The maximum Gasteiger partial charge on any atom is 0.179 e. The van der Waals surface area contributed by atoms with E-state index < -0.39 is 0 Å². The number of halogens is 3. The summed E-state index contributed by atoms with van der Waals surface area (Å²) in [4.78, 5) is 11.8. The number of rotatable bonds is 1. The Bertz CT molecular complexity index is 744. The van der Waals surface area contributed by atoms with E-state index in [1.807, 2.05) is 25.1 Å². The van der Waals surface area contributed by atoms with Gasteiger partial charge in [-0.05, 0) is 24.6 Å². The van der Waals surface area contributed by atoms with Crippen molar-refractivity contribution in [2.45, 2.75) is 6.92 Å². The average molecular weight is 357 g/mol. The fraction of sp³-hybridized carbons (Fsp3) is 0.0769. The molecule has 3 rings (SSSR count). The van der Waals surface area contributed by atoms with Gasteiger partial charge in [0.15, 0.2) is 5.65 Å². The third-order valence-corrected chi connectivity index (χ3v) is 4.36. The molecular formula is C13H8BrCl2N3. The highest BCUT2D eigenvalue weighted by Crippen LogP contribution is 2.28. The van der Waals surface area contributed by atoms with Crippen molar-refractivity contribution in [3.63, 3.8) is 0 Å². The summed E-state index contributed by atoms with van der Waals surface area (Å²) < 4.78 is 1.04. The Labute approximate surface area is 128 Å². The summed E-state index contributed by atoms with van der Waals surface area (Å²) >= 11 is 15.3. The summed E-state index contributed by atoms with van der Waals surface area (Å²) in [5.41, 5.74) is 3.47. The fourth-order valence-corrected chi connectivity index (χ4v) is 2.44. The maximum atomic E-state index is 5.94. The van der Waals surface area contributed by atoms with Crippen LogP contribution in [0, 0.1) is 6.92 Å². The Morgan fingerprint density at radius 2 is 1.95 bits per heavy atom. The molecule has 96 valence electrons. The predicted molar refractivity (Wildman–Crippen MR) is 81.8 cm³/mol. The number of fused-ring (bicyclic) bond motifs is 1. The molecule has 2 aromatic heterocycles. The smallest absolute Gasteiger partial charge is 0.179 e. The summed E-state index contributed by atoms with van der Waals surface area (Å²) in [6, 6.07) is 7.77. The zero-order valence-corrected chi connectivity index (χ0v) is 12.9. The van der Waals surface area contributed by atoms with E-state index in [0.29, 0.717) is 10.7 Å². The Balaban J connectivity index is 2.17. The molecular weight excluding hydrogens is 349 g/mol. The van der Waals surface area contributed by atoms with Crippen molar-refractivity contribution in [1.29, 1.82) is 0 Å². The second-order valence-electron chi connectivity index (χ2n) is 4.18. The molecule has 19 heavy (non-hydrogen) atoms. The maximum absolute atomic E-state index is 5.94. The lowest BCUT2D eigenvalue weighted by molar-refractivity contribution is 1.29. The Kier molecular flexibility index (Phi) is 3.25. The number of imidazole rings is 1. The van der Waals surface area contributed by atoms with E-state index in [-0.39, 0.29) is 5.15 Å². The molecule has 0 unspecified atom stereocenters. The van der Waals surface area contributed by atoms with E-state index in [9.17, 15) is 0 Å². The summed E-state index contributed by atoms with van der Waals surface area (Å²) in [5.74, 6) is 0.738. The molecule has 0 aliphatic carbocycles. The first-order chi connectivity index (χ1) is 9.04. The first-order valence-corrected chi connectivity index (χ1v) is 7.08. The number of hydrogen-bond acceptors (Lipinski definition) is 2. The van der Waals surface area contributed by atoms with Gasteiger partial charge in [-0.1, -0.05) is 51.3 Å². The van der Waals surface area contributed by atoms with Crippen LogP contribution in [0.15, 0.2) is 28.7 Å². The molecule has 3 nitrogen and oxygen atoms in total. The lowest BCUT2D eigenvalue weighted by atomic mass is 10.1. The van der Waals surface area contributed by atoms with Crippen LogP contribution in [0.5, 0.6) is 0 Å². The van der Waals surface area contributed by atoms with E-state index >= 15 is 0 Å². The quantitative estimate of drug-likeness (QED) is 0.623. The summed E-state index contributed by atoms with van der Waals surface area (Å²) in [6.45, 7) is 2.04. The standard InChI is InChI=1S/C13H8BrCl2N3/c1-6-2-3-7(4-8(6)14)12-17-10-5-9(15)11(16)18-13(10)19-12/h2-5H,1H3,(H,17,18,19). The van der Waals surface area contributed by atoms with E-state index in [1.165, 1.54) is 5.56 Å². The lowest BCUT2D eigenvalue weighted by Crippen LogP contribution is -1.82. The Morgan fingerprint density at radius 1 is 1.16 bits per heavy atom. The molecule has 0 aliphatic heterocycles. The first-order valence-electron chi connectivity index (χ1n) is 5.53. The van der Waals surface area contributed by atoms with Crippen LogP contribution in [0.2, 0.25) is 10.2 Å². The van der Waals surface area contributed by atoms with Gasteiger partial charge < -0.3 is 4.98 Å². The molecule has 0 saturated heterocycles. The monoisotopic (exact) mass is 355 g/mol. The molecule has 0 aliphatic rings. The molecule has 3 aromatic rings. The highest BCUT2D eigenvalue weighted by molar-refractivity contribution is 9.10. The number of aromatic nitrogens is 3. The van der Waals surface area contributed by atoms with Gasteiger partial charge in [0.2, 0.25) is 0 Å². The molecule has 0 spiro atoms. The van der Waals surface area contributed by atoms with Crippen molar-refractivity contribution in [2.75, 3.05) is 0 Å². The first kappa shape index (κ1) is 12.9. The number of hydrogen-bond donors (Lipinski definition) is 1. The molecule has 2 heterocycles. The van der Waals surface area contributed by atoms with Crippen LogP contribution >= 0.6 is 39.1 Å². The van der Waals surface area contributed by atoms with Crippen LogP contribution in [0.25, 0.3) is 22.6 Å². The molecule has 1 N–H and O–H groups in total. The van der Waals surface area contributed by atoms with Crippen molar-refractivity contribution in [3.8, 4) is 11.4 Å². The van der Waals surface area contributed by atoms with E-state index in [1.54, 1.807) is 6.07 Å². The normalized spacial score (nSPS) is 11.2. The SMILES string of the molecule is Cc1ccc(-c2nc3nc(Cl)c(Cl)cc3[nH]2)cc1Br. The van der Waals surface area contributed by atoms with Crippen LogP contribution < -0.4 is 0 Å². The zero-order chi connectivity index (χ0) is 13.6. The van der Waals surface area contributed by atoms with Crippen molar-refractivity contribution in [3.05, 3.63) is 44.5 Å². The molecule has 0 saturated carbocycles. The number of pyridine rings is 1. The molecule has 0 bridgehead atoms. The number of aryl methyl sites for hydroxylation is 1. The van der Waals surface area contributed by atoms with E-state index in [2.05, 4.69) is 30.9 Å². The van der Waals surface area contributed by atoms with Gasteiger partial charge in [0.1, 0.15) is 11.0 Å². The molecule has 0 fully saturated rings. The number of aromatic amines is 1. The van der Waals surface area contributed by atoms with Crippen LogP contribution in [-0.4, -0.2) is 15.0 Å². The predicted octanol–water partition coefficient (Wildman–Crippen LogP) is 5.00. The van der Waals surface area contributed by atoms with E-state index in [0.717, 1.165) is 21.4 Å². The van der Waals surface area contributed by atoms with Crippen LogP contribution in [0.4, 0.5) is 0 Å². The van der Waals surface area contributed by atoms with Crippen molar-refractivity contribution in [2.24, 2.45) is 0 Å². The number of H-pyrrole nitrogens is 1. The molecule has 1 aromatic carbocycles. The molecule has 0 amide bonds. The fourth-order valence-electron chi connectivity index (χ4n) is 1.77. The Morgan fingerprint density at radius 3 is 2.68 bits per heavy atom. The number of benzene rings is 1. The number of nitrogens with one attached hydrogen (secondary N) is 1. The van der Waals surface area contributed by atoms with Crippen LogP contribution in [0.3, 0.4) is 0 Å². The third-order valence-electron chi connectivity index (χ3n) is 2.83. The van der Waals surface area contributed by atoms with Crippen molar-refractivity contribution in [1.82, 2.24) is 15.0 Å². The minimum absolute atomic E-state index is 0.261. The van der Waals surface area contributed by atoms with Gasteiger partial charge in [-0.15, -0.1) is 0 Å².